The van der Waals surface area contributed by atoms with Crippen molar-refractivity contribution in [1.29, 1.82) is 5.26 Å². The van der Waals surface area contributed by atoms with Gasteiger partial charge in [-0.25, -0.2) is 9.59 Å². The van der Waals surface area contributed by atoms with Crippen molar-refractivity contribution in [3.05, 3.63) is 76.5 Å². The van der Waals surface area contributed by atoms with Gasteiger partial charge in [0.2, 0.25) is 5.91 Å². The molecule has 2 heterocycles. The molecule has 0 aliphatic carbocycles. The molecule has 0 saturated heterocycles. The van der Waals surface area contributed by atoms with Gasteiger partial charge in [-0.2, -0.15) is 5.26 Å². The van der Waals surface area contributed by atoms with E-state index < -0.39 is 23.9 Å². The third kappa shape index (κ3) is 3.61. The van der Waals surface area contributed by atoms with Gasteiger partial charge in [0.05, 0.1) is 28.9 Å². The molecule has 0 unspecified atom stereocenters. The highest BCUT2D eigenvalue weighted by Crippen LogP contribution is 2.35. The maximum atomic E-state index is 12.8. The standard InChI is InChI=1S/C22H18N4O4/c1-13-5-7-15(8-6-13)20-19-17(12-30-21(19)28)26(22(29)25-20)11-18(27)24-16-4-2-3-14(9-16)10-23/h2-9,20H,11-12H2,1H3,(H,24,27)(H,25,29)/t20-/m0/s1. The molecule has 0 saturated carbocycles. The maximum absolute atomic E-state index is 12.8. The number of carbonyl (C=O) groups is 3. The summed E-state index contributed by atoms with van der Waals surface area (Å²) in [5.74, 6) is -0.970. The molecule has 2 aliphatic heterocycles. The summed E-state index contributed by atoms with van der Waals surface area (Å²) in [6, 6.07) is 14.8. The molecular formula is C22H18N4O4. The fraction of sp³-hybridized carbons (Fsp3) is 0.182. The molecule has 0 radical (unpaired) electrons. The minimum absolute atomic E-state index is 0.0683. The Kier molecular flexibility index (Phi) is 4.94. The molecule has 2 aromatic carbocycles. The second-order valence-electron chi connectivity index (χ2n) is 7.06. The van der Waals surface area contributed by atoms with Crippen LogP contribution in [0.5, 0.6) is 0 Å². The van der Waals surface area contributed by atoms with E-state index in [1.165, 1.54) is 11.0 Å². The minimum Gasteiger partial charge on any atom is -0.456 e. The van der Waals surface area contributed by atoms with E-state index in [-0.39, 0.29) is 13.2 Å². The number of nitriles is 1. The molecule has 2 aromatic rings. The smallest absolute Gasteiger partial charge is 0.338 e. The van der Waals surface area contributed by atoms with E-state index in [4.69, 9.17) is 10.00 Å². The lowest BCUT2D eigenvalue weighted by molar-refractivity contribution is -0.136. The number of anilines is 1. The van der Waals surface area contributed by atoms with Crippen molar-refractivity contribution in [2.45, 2.75) is 13.0 Å². The number of nitrogens with one attached hydrogen (secondary N) is 2. The largest absolute Gasteiger partial charge is 0.456 e. The van der Waals surface area contributed by atoms with E-state index in [0.717, 1.165) is 11.1 Å². The molecule has 0 bridgehead atoms. The van der Waals surface area contributed by atoms with Crippen LogP contribution in [0.15, 0.2) is 59.8 Å². The summed E-state index contributed by atoms with van der Waals surface area (Å²) in [6.07, 6.45) is 0. The normalized spacial score (nSPS) is 17.7. The van der Waals surface area contributed by atoms with Crippen LogP contribution < -0.4 is 10.6 Å². The number of urea groups is 1. The molecule has 8 heteroatoms. The van der Waals surface area contributed by atoms with Crippen LogP contribution in [0.2, 0.25) is 0 Å². The molecule has 0 aromatic heterocycles. The number of hydrogen-bond acceptors (Lipinski definition) is 5. The Bertz CT molecular complexity index is 1110. The van der Waals surface area contributed by atoms with Crippen LogP contribution in [0, 0.1) is 18.3 Å². The molecule has 4 rings (SSSR count). The number of carbonyl (C=O) groups excluding carboxylic acids is 3. The van der Waals surface area contributed by atoms with Gasteiger partial charge in [0.25, 0.3) is 0 Å². The Labute approximate surface area is 172 Å². The van der Waals surface area contributed by atoms with E-state index in [9.17, 15) is 14.4 Å². The molecule has 0 spiro atoms. The highest BCUT2D eigenvalue weighted by atomic mass is 16.5. The van der Waals surface area contributed by atoms with Crippen LogP contribution in [0.3, 0.4) is 0 Å². The number of benzene rings is 2. The van der Waals surface area contributed by atoms with E-state index in [1.807, 2.05) is 37.3 Å². The minimum atomic E-state index is -0.630. The first-order valence-electron chi connectivity index (χ1n) is 9.31. The number of nitrogens with zero attached hydrogens (tertiary/aromatic N) is 2. The van der Waals surface area contributed by atoms with Gasteiger partial charge in [-0.3, -0.25) is 9.69 Å². The van der Waals surface area contributed by atoms with Gasteiger partial charge in [-0.15, -0.1) is 0 Å². The Morgan fingerprint density at radius 2 is 2.03 bits per heavy atom. The summed E-state index contributed by atoms with van der Waals surface area (Å²) in [4.78, 5) is 38.9. The molecule has 30 heavy (non-hydrogen) atoms. The number of ether oxygens (including phenoxy) is 1. The topological polar surface area (TPSA) is 112 Å². The highest BCUT2D eigenvalue weighted by molar-refractivity contribution is 6.00. The summed E-state index contributed by atoms with van der Waals surface area (Å²) in [6.45, 7) is 1.59. The van der Waals surface area contributed by atoms with Crippen molar-refractivity contribution in [2.75, 3.05) is 18.5 Å². The van der Waals surface area contributed by atoms with Crippen LogP contribution in [-0.4, -0.2) is 36.0 Å². The van der Waals surface area contributed by atoms with Gasteiger partial charge in [-0.05, 0) is 30.7 Å². The summed E-state index contributed by atoms with van der Waals surface area (Å²) in [5, 5.41) is 14.4. The van der Waals surface area contributed by atoms with Crippen LogP contribution in [0.25, 0.3) is 0 Å². The molecule has 3 amide bonds. The van der Waals surface area contributed by atoms with Crippen molar-refractivity contribution < 1.29 is 19.1 Å². The summed E-state index contributed by atoms with van der Waals surface area (Å²) >= 11 is 0. The highest BCUT2D eigenvalue weighted by Gasteiger charge is 2.42. The van der Waals surface area contributed by atoms with Crippen LogP contribution >= 0.6 is 0 Å². The lowest BCUT2D eigenvalue weighted by Gasteiger charge is -2.32. The second kappa shape index (κ2) is 7.72. The molecule has 1 atom stereocenters. The van der Waals surface area contributed by atoms with E-state index in [2.05, 4.69) is 10.6 Å². The van der Waals surface area contributed by atoms with E-state index in [1.54, 1.807) is 18.2 Å². The Hall–Kier alpha value is -4.12. The molecule has 2 aliphatic rings. The van der Waals surface area contributed by atoms with Gasteiger partial charge >= 0.3 is 12.0 Å². The van der Waals surface area contributed by atoms with Gasteiger partial charge in [0.15, 0.2) is 0 Å². The quantitative estimate of drug-likeness (QED) is 0.763. The van der Waals surface area contributed by atoms with E-state index in [0.29, 0.717) is 22.5 Å². The Balaban J connectivity index is 1.58. The van der Waals surface area contributed by atoms with Crippen LogP contribution in [0.1, 0.15) is 22.7 Å². The maximum Gasteiger partial charge on any atom is 0.338 e. The Morgan fingerprint density at radius 1 is 1.27 bits per heavy atom. The van der Waals surface area contributed by atoms with Crippen molar-refractivity contribution in [1.82, 2.24) is 10.2 Å². The average Bonchev–Trinajstić information content (AvgIpc) is 3.12. The fourth-order valence-corrected chi connectivity index (χ4v) is 3.50. The third-order valence-corrected chi connectivity index (χ3v) is 4.99. The summed E-state index contributed by atoms with van der Waals surface area (Å²) in [7, 11) is 0. The number of hydrogen-bond donors (Lipinski definition) is 2. The zero-order valence-corrected chi connectivity index (χ0v) is 16.1. The number of esters is 1. The molecule has 8 nitrogen and oxygen atoms in total. The molecular weight excluding hydrogens is 384 g/mol. The van der Waals surface area contributed by atoms with Gasteiger partial charge < -0.3 is 15.4 Å². The summed E-state index contributed by atoms with van der Waals surface area (Å²) < 4.78 is 5.17. The first-order valence-corrected chi connectivity index (χ1v) is 9.31. The van der Waals surface area contributed by atoms with Crippen molar-refractivity contribution in [3.8, 4) is 6.07 Å². The molecule has 2 N–H and O–H groups in total. The number of rotatable bonds is 4. The zero-order valence-electron chi connectivity index (χ0n) is 16.1. The Morgan fingerprint density at radius 3 is 2.77 bits per heavy atom. The zero-order chi connectivity index (χ0) is 21.3. The second-order valence-corrected chi connectivity index (χ2v) is 7.06. The SMILES string of the molecule is Cc1ccc([C@@H]2NC(=O)N(CC(=O)Nc3cccc(C#N)c3)C3=C2C(=O)OC3)cc1. The van der Waals surface area contributed by atoms with Crippen LogP contribution in [-0.2, 0) is 14.3 Å². The molecule has 0 fully saturated rings. The summed E-state index contributed by atoms with van der Waals surface area (Å²) in [5.41, 5.74) is 3.39. The average molecular weight is 402 g/mol. The van der Waals surface area contributed by atoms with Gasteiger partial charge in [0, 0.05) is 5.69 Å². The fourth-order valence-electron chi connectivity index (χ4n) is 3.50. The monoisotopic (exact) mass is 402 g/mol. The molecule has 150 valence electrons. The first-order chi connectivity index (χ1) is 14.5. The lowest BCUT2D eigenvalue weighted by Crippen LogP contribution is -2.49. The van der Waals surface area contributed by atoms with Crippen molar-refractivity contribution >= 4 is 23.6 Å². The van der Waals surface area contributed by atoms with Crippen molar-refractivity contribution in [2.24, 2.45) is 0 Å². The van der Waals surface area contributed by atoms with Crippen molar-refractivity contribution in [3.63, 3.8) is 0 Å². The van der Waals surface area contributed by atoms with Gasteiger partial charge in [-0.1, -0.05) is 35.9 Å². The van der Waals surface area contributed by atoms with Crippen LogP contribution in [0.4, 0.5) is 10.5 Å². The van der Waals surface area contributed by atoms with Gasteiger partial charge in [0.1, 0.15) is 13.2 Å². The lowest BCUT2D eigenvalue weighted by atomic mass is 9.95. The first kappa shape index (κ1) is 19.2. The predicted molar refractivity (Wildman–Crippen MR) is 107 cm³/mol. The number of cyclic esters (lactones) is 1. The predicted octanol–water partition coefficient (Wildman–Crippen LogP) is 2.38. The van der Waals surface area contributed by atoms with E-state index >= 15 is 0 Å². The third-order valence-electron chi connectivity index (χ3n) is 4.99. The number of aryl methyl sites for hydroxylation is 1. The number of amides is 3.